The third kappa shape index (κ3) is 3.10. The second-order valence-corrected chi connectivity index (χ2v) is 6.49. The summed E-state index contributed by atoms with van der Waals surface area (Å²) in [5.41, 5.74) is 0.700. The number of aromatic nitrogens is 3. The Bertz CT molecular complexity index is 1150. The molecular weight excluding hydrogens is 385 g/mol. The van der Waals surface area contributed by atoms with Crippen molar-refractivity contribution in [3.05, 3.63) is 54.2 Å². The van der Waals surface area contributed by atoms with Crippen molar-refractivity contribution in [3.63, 3.8) is 0 Å². The molecule has 1 saturated heterocycles. The van der Waals surface area contributed by atoms with Gasteiger partial charge >= 0.3 is 12.2 Å². The molecule has 1 fully saturated rings. The Morgan fingerprint density at radius 1 is 1.21 bits per heavy atom. The maximum absolute atomic E-state index is 13.2. The van der Waals surface area contributed by atoms with E-state index in [9.17, 15) is 23.2 Å². The molecule has 2 aromatic heterocycles. The van der Waals surface area contributed by atoms with Gasteiger partial charge in [0, 0.05) is 28.7 Å². The van der Waals surface area contributed by atoms with Crippen molar-refractivity contribution in [2.24, 2.45) is 0 Å². The number of pyridine rings is 1. The zero-order valence-corrected chi connectivity index (χ0v) is 15.1. The van der Waals surface area contributed by atoms with E-state index in [0.29, 0.717) is 16.6 Å². The van der Waals surface area contributed by atoms with Crippen LogP contribution in [0.4, 0.5) is 29.5 Å². The second-order valence-electron chi connectivity index (χ2n) is 6.49. The number of hydrogen-bond donors (Lipinski definition) is 0. The molecule has 29 heavy (non-hydrogen) atoms. The van der Waals surface area contributed by atoms with Gasteiger partial charge in [-0.05, 0) is 6.92 Å². The lowest BCUT2D eigenvalue weighted by Gasteiger charge is -2.21. The van der Waals surface area contributed by atoms with Gasteiger partial charge in [-0.15, -0.1) is 0 Å². The summed E-state index contributed by atoms with van der Waals surface area (Å²) >= 11 is 0. The summed E-state index contributed by atoms with van der Waals surface area (Å²) in [7, 11) is 0. The van der Waals surface area contributed by atoms with Gasteiger partial charge in [0.2, 0.25) is 5.82 Å². The third-order valence-electron chi connectivity index (χ3n) is 4.61. The van der Waals surface area contributed by atoms with Gasteiger partial charge in [0.15, 0.2) is 0 Å². The molecule has 146 valence electrons. The molecule has 1 aliphatic rings. The number of fused-ring (bicyclic) bond motifs is 1. The molecule has 0 saturated carbocycles. The highest BCUT2D eigenvalue weighted by Gasteiger charge is 2.42. The first-order valence-electron chi connectivity index (χ1n) is 8.55. The molecule has 0 radical (unpaired) electrons. The summed E-state index contributed by atoms with van der Waals surface area (Å²) in [6.07, 6.45) is -0.647. The third-order valence-corrected chi connectivity index (χ3v) is 4.61. The van der Waals surface area contributed by atoms with E-state index in [1.807, 2.05) is 18.2 Å². The van der Waals surface area contributed by atoms with Gasteiger partial charge in [0.1, 0.15) is 11.9 Å². The molecule has 3 heterocycles. The van der Waals surface area contributed by atoms with Crippen LogP contribution < -0.4 is 9.80 Å². The van der Waals surface area contributed by atoms with Gasteiger partial charge in [-0.2, -0.15) is 18.4 Å². The number of amides is 2. The first kappa shape index (κ1) is 18.6. The van der Waals surface area contributed by atoms with E-state index in [0.717, 1.165) is 16.5 Å². The standard InChI is InChI=1S/C19H13F3N6O/c1-11-7-25-17(19(20,21)22)26-16(11)27-10-13(6-23)28(18(27)29)15-9-24-8-12-4-2-3-5-14(12)15/h2-5,7-9,13H,10H2,1H3. The van der Waals surface area contributed by atoms with Gasteiger partial charge < -0.3 is 0 Å². The molecule has 1 aliphatic heterocycles. The normalized spacial score (nSPS) is 17.1. The van der Waals surface area contributed by atoms with Crippen LogP contribution in [0, 0.1) is 18.3 Å². The molecule has 1 aromatic carbocycles. The van der Waals surface area contributed by atoms with E-state index in [1.165, 1.54) is 18.0 Å². The van der Waals surface area contributed by atoms with Crippen molar-refractivity contribution >= 4 is 28.3 Å². The Balaban J connectivity index is 1.81. The Labute approximate surface area is 163 Å². The van der Waals surface area contributed by atoms with Crippen LogP contribution in [0.25, 0.3) is 10.8 Å². The van der Waals surface area contributed by atoms with Crippen LogP contribution in [-0.4, -0.2) is 33.6 Å². The quantitative estimate of drug-likeness (QED) is 0.657. The van der Waals surface area contributed by atoms with Crippen LogP contribution in [0.2, 0.25) is 0 Å². The highest BCUT2D eigenvalue weighted by molar-refractivity contribution is 6.11. The predicted molar refractivity (Wildman–Crippen MR) is 98.1 cm³/mol. The van der Waals surface area contributed by atoms with E-state index in [2.05, 4.69) is 15.0 Å². The van der Waals surface area contributed by atoms with Crippen LogP contribution in [0.3, 0.4) is 0 Å². The fraction of sp³-hybridized carbons (Fsp3) is 0.211. The van der Waals surface area contributed by atoms with E-state index >= 15 is 0 Å². The molecule has 0 spiro atoms. The molecule has 0 bridgehead atoms. The monoisotopic (exact) mass is 398 g/mol. The molecule has 1 atom stereocenters. The molecule has 3 aromatic rings. The summed E-state index contributed by atoms with van der Waals surface area (Å²) in [5, 5.41) is 11.1. The van der Waals surface area contributed by atoms with Crippen LogP contribution >= 0.6 is 0 Å². The average molecular weight is 398 g/mol. The SMILES string of the molecule is Cc1cnc(C(F)(F)F)nc1N1CC(C#N)N(c2cncc3ccccc23)C1=O. The lowest BCUT2D eigenvalue weighted by Crippen LogP contribution is -2.35. The van der Waals surface area contributed by atoms with E-state index in [4.69, 9.17) is 0 Å². The second kappa shape index (κ2) is 6.70. The van der Waals surface area contributed by atoms with Crippen LogP contribution in [0.15, 0.2) is 42.9 Å². The molecule has 4 rings (SSSR count). The Hall–Kier alpha value is -3.74. The molecular formula is C19H13F3N6O. The zero-order chi connectivity index (χ0) is 20.8. The van der Waals surface area contributed by atoms with Crippen LogP contribution in [0.1, 0.15) is 11.4 Å². The number of alkyl halides is 3. The highest BCUT2D eigenvalue weighted by Crippen LogP contribution is 2.34. The number of nitrogens with zero attached hydrogens (tertiary/aromatic N) is 6. The van der Waals surface area contributed by atoms with Gasteiger partial charge in [-0.25, -0.2) is 14.8 Å². The average Bonchev–Trinajstić information content (AvgIpc) is 3.03. The van der Waals surface area contributed by atoms with Crippen molar-refractivity contribution < 1.29 is 18.0 Å². The van der Waals surface area contributed by atoms with Gasteiger partial charge in [-0.1, -0.05) is 24.3 Å². The minimum Gasteiger partial charge on any atom is -0.275 e. The van der Waals surface area contributed by atoms with Crippen molar-refractivity contribution in [3.8, 4) is 6.07 Å². The number of benzene rings is 1. The number of carbonyl (C=O) groups excluding carboxylic acids is 1. The van der Waals surface area contributed by atoms with Gasteiger partial charge in [0.05, 0.1) is 24.5 Å². The van der Waals surface area contributed by atoms with Gasteiger partial charge in [0.25, 0.3) is 0 Å². The van der Waals surface area contributed by atoms with E-state index in [1.54, 1.807) is 18.3 Å². The highest BCUT2D eigenvalue weighted by atomic mass is 19.4. The van der Waals surface area contributed by atoms with Crippen molar-refractivity contribution in [2.45, 2.75) is 19.1 Å². The smallest absolute Gasteiger partial charge is 0.275 e. The number of hydrogen-bond acceptors (Lipinski definition) is 5. The summed E-state index contributed by atoms with van der Waals surface area (Å²) in [5.74, 6) is -1.52. The van der Waals surface area contributed by atoms with E-state index in [-0.39, 0.29) is 12.4 Å². The summed E-state index contributed by atoms with van der Waals surface area (Å²) in [6.45, 7) is 1.37. The number of aryl methyl sites for hydroxylation is 1. The predicted octanol–water partition coefficient (Wildman–Crippen LogP) is 3.69. The molecule has 10 heteroatoms. The summed E-state index contributed by atoms with van der Waals surface area (Å²) < 4.78 is 39.1. The van der Waals surface area contributed by atoms with Crippen molar-refractivity contribution in [1.82, 2.24) is 15.0 Å². The molecule has 7 nitrogen and oxygen atoms in total. The lowest BCUT2D eigenvalue weighted by atomic mass is 10.1. The van der Waals surface area contributed by atoms with Crippen molar-refractivity contribution in [1.29, 1.82) is 5.26 Å². The van der Waals surface area contributed by atoms with Gasteiger partial charge in [-0.3, -0.25) is 14.8 Å². The number of urea groups is 1. The number of anilines is 2. The van der Waals surface area contributed by atoms with Crippen molar-refractivity contribution in [2.75, 3.05) is 16.3 Å². The maximum Gasteiger partial charge on any atom is 0.451 e. The molecule has 0 aliphatic carbocycles. The van der Waals surface area contributed by atoms with Crippen LogP contribution in [-0.2, 0) is 6.18 Å². The zero-order valence-electron chi connectivity index (χ0n) is 15.1. The Morgan fingerprint density at radius 3 is 2.69 bits per heavy atom. The first-order valence-corrected chi connectivity index (χ1v) is 8.55. The molecule has 0 N–H and O–H groups in total. The largest absolute Gasteiger partial charge is 0.451 e. The number of halogens is 3. The maximum atomic E-state index is 13.2. The summed E-state index contributed by atoms with van der Waals surface area (Å²) in [4.78, 5) is 26.5. The lowest BCUT2D eigenvalue weighted by molar-refractivity contribution is -0.144. The topological polar surface area (TPSA) is 86.0 Å². The summed E-state index contributed by atoms with van der Waals surface area (Å²) in [6, 6.07) is 7.68. The minimum absolute atomic E-state index is 0.131. The molecule has 1 unspecified atom stereocenters. The fourth-order valence-electron chi connectivity index (χ4n) is 3.28. The molecule has 2 amide bonds. The number of rotatable bonds is 2. The Morgan fingerprint density at radius 2 is 1.97 bits per heavy atom. The number of nitriles is 1. The first-order chi connectivity index (χ1) is 13.8. The fourth-order valence-corrected chi connectivity index (χ4v) is 3.28. The minimum atomic E-state index is -4.75. The number of carbonyl (C=O) groups is 1. The van der Waals surface area contributed by atoms with E-state index < -0.39 is 24.1 Å². The Kier molecular flexibility index (Phi) is 4.30. The van der Waals surface area contributed by atoms with Crippen LogP contribution in [0.5, 0.6) is 0 Å².